The third-order valence-corrected chi connectivity index (χ3v) is 4.06. The van der Waals surface area contributed by atoms with Crippen LogP contribution in [-0.2, 0) is 12.0 Å². The Morgan fingerprint density at radius 3 is 2.76 bits per heavy atom. The van der Waals surface area contributed by atoms with Crippen LogP contribution < -0.4 is 0 Å². The molecule has 1 aromatic rings. The maximum Gasteiger partial charge on any atom is 0.325 e. The highest BCUT2D eigenvalue weighted by atomic mass is 15.3. The van der Waals surface area contributed by atoms with Crippen molar-refractivity contribution in [3.63, 3.8) is 0 Å². The van der Waals surface area contributed by atoms with Gasteiger partial charge in [-0.05, 0) is 45.6 Å². The summed E-state index contributed by atoms with van der Waals surface area (Å²) in [7, 11) is 0. The van der Waals surface area contributed by atoms with Crippen LogP contribution in [0, 0.1) is 23.8 Å². The van der Waals surface area contributed by atoms with Gasteiger partial charge in [-0.2, -0.15) is 10.4 Å². The van der Waals surface area contributed by atoms with Gasteiger partial charge in [-0.1, -0.05) is 12.2 Å². The summed E-state index contributed by atoms with van der Waals surface area (Å²) in [5.74, 6) is 0.0201. The van der Waals surface area contributed by atoms with Crippen molar-refractivity contribution in [2.75, 3.05) is 0 Å². The van der Waals surface area contributed by atoms with Crippen LogP contribution >= 0.6 is 0 Å². The van der Waals surface area contributed by atoms with Gasteiger partial charge in [-0.25, -0.2) is 6.57 Å². The first-order valence-electron chi connectivity index (χ1n) is 7.42. The van der Waals surface area contributed by atoms with Crippen LogP contribution in [0.15, 0.2) is 24.5 Å². The minimum Gasteiger partial charge on any atom is -0.293 e. The molecule has 1 aromatic heterocycles. The summed E-state index contributed by atoms with van der Waals surface area (Å²) in [5.41, 5.74) is -0.125. The molecule has 4 nitrogen and oxygen atoms in total. The molecule has 4 heteroatoms. The molecule has 1 aliphatic rings. The van der Waals surface area contributed by atoms with Crippen LogP contribution in [0.25, 0.3) is 4.85 Å². The highest BCUT2D eigenvalue weighted by molar-refractivity contribution is 5.28. The van der Waals surface area contributed by atoms with Crippen molar-refractivity contribution < 1.29 is 0 Å². The summed E-state index contributed by atoms with van der Waals surface area (Å²) in [6.45, 7) is 13.8. The maximum atomic E-state index is 9.63. The molecule has 0 saturated heterocycles. The highest BCUT2D eigenvalue weighted by Crippen LogP contribution is 2.34. The lowest BCUT2D eigenvalue weighted by Crippen LogP contribution is -2.35. The van der Waals surface area contributed by atoms with E-state index in [0.717, 1.165) is 24.8 Å². The minimum atomic E-state index is -0.997. The van der Waals surface area contributed by atoms with Crippen molar-refractivity contribution in [3.8, 4) is 6.07 Å². The van der Waals surface area contributed by atoms with Gasteiger partial charge >= 0.3 is 5.54 Å². The van der Waals surface area contributed by atoms with Crippen molar-refractivity contribution in [2.45, 2.75) is 57.5 Å². The summed E-state index contributed by atoms with van der Waals surface area (Å²) in [6.07, 6.45) is 11.4. The van der Waals surface area contributed by atoms with Gasteiger partial charge in [-0.15, -0.1) is 0 Å². The zero-order chi connectivity index (χ0) is 15.5. The van der Waals surface area contributed by atoms with Gasteiger partial charge in [0.1, 0.15) is 0 Å². The van der Waals surface area contributed by atoms with Crippen molar-refractivity contribution in [3.05, 3.63) is 41.5 Å². The summed E-state index contributed by atoms with van der Waals surface area (Å²) in [6, 6.07) is 2.29. The largest absolute Gasteiger partial charge is 0.325 e. The molecule has 21 heavy (non-hydrogen) atoms. The van der Waals surface area contributed by atoms with Crippen molar-refractivity contribution in [2.24, 2.45) is 5.92 Å². The Hall–Kier alpha value is -2.07. The zero-order valence-corrected chi connectivity index (χ0v) is 13.0. The topological polar surface area (TPSA) is 46.0 Å². The molecular weight excluding hydrogens is 260 g/mol. The van der Waals surface area contributed by atoms with Crippen molar-refractivity contribution in [1.82, 2.24) is 9.78 Å². The third kappa shape index (κ3) is 3.16. The summed E-state index contributed by atoms with van der Waals surface area (Å²) < 4.78 is 1.89. The predicted molar refractivity (Wildman–Crippen MR) is 82.4 cm³/mol. The molecule has 0 N–H and O–H groups in total. The number of rotatable bonds is 3. The van der Waals surface area contributed by atoms with E-state index in [1.165, 1.54) is 0 Å². The molecule has 2 atom stereocenters. The molecule has 0 fully saturated rings. The Balaban J connectivity index is 2.27. The van der Waals surface area contributed by atoms with E-state index < -0.39 is 5.54 Å². The van der Waals surface area contributed by atoms with E-state index in [-0.39, 0.29) is 11.5 Å². The Bertz CT molecular complexity index is 590. The molecule has 0 aromatic carbocycles. The fourth-order valence-corrected chi connectivity index (χ4v) is 2.74. The number of hydrogen-bond acceptors (Lipinski definition) is 2. The molecular formula is C17H22N4. The number of aromatic nitrogens is 2. The van der Waals surface area contributed by atoms with Gasteiger partial charge in [0.05, 0.1) is 24.1 Å². The van der Waals surface area contributed by atoms with E-state index in [9.17, 15) is 5.26 Å². The molecule has 2 rings (SSSR count). The van der Waals surface area contributed by atoms with Crippen LogP contribution in [0.5, 0.6) is 0 Å². The van der Waals surface area contributed by atoms with Crippen molar-refractivity contribution in [1.29, 1.82) is 5.26 Å². The van der Waals surface area contributed by atoms with E-state index in [2.05, 4.69) is 48.9 Å². The van der Waals surface area contributed by atoms with Crippen molar-refractivity contribution >= 4 is 0 Å². The number of allylic oxidation sites excluding steroid dienone is 1. The first-order chi connectivity index (χ1) is 9.91. The Morgan fingerprint density at radius 2 is 2.29 bits per heavy atom. The van der Waals surface area contributed by atoms with Gasteiger partial charge in [0.2, 0.25) is 0 Å². The van der Waals surface area contributed by atoms with Gasteiger partial charge in [0.25, 0.3) is 0 Å². The highest BCUT2D eigenvalue weighted by Gasteiger charge is 2.45. The zero-order valence-electron chi connectivity index (χ0n) is 13.0. The Kier molecular flexibility index (Phi) is 4.19. The van der Waals surface area contributed by atoms with Crippen LogP contribution in [-0.4, -0.2) is 15.3 Å². The first kappa shape index (κ1) is 15.3. The van der Waals surface area contributed by atoms with Crippen LogP contribution in [0.3, 0.4) is 0 Å². The number of nitriles is 1. The quantitative estimate of drug-likeness (QED) is 0.626. The van der Waals surface area contributed by atoms with E-state index in [0.29, 0.717) is 6.42 Å². The molecule has 1 heterocycles. The Labute approximate surface area is 126 Å². The summed E-state index contributed by atoms with van der Waals surface area (Å²) in [5, 5.41) is 14.0. The van der Waals surface area contributed by atoms with Gasteiger partial charge in [-0.3, -0.25) is 9.53 Å². The SMILES string of the molecule is [C-]#[N+]C(C#N)(Cc1cnn(C(C)(C)C)c1)C1C=CCCC1. The summed E-state index contributed by atoms with van der Waals surface area (Å²) in [4.78, 5) is 3.73. The van der Waals surface area contributed by atoms with E-state index >= 15 is 0 Å². The van der Waals surface area contributed by atoms with Crippen LogP contribution in [0.1, 0.15) is 45.6 Å². The smallest absolute Gasteiger partial charge is 0.293 e. The molecule has 2 unspecified atom stereocenters. The summed E-state index contributed by atoms with van der Waals surface area (Å²) >= 11 is 0. The monoisotopic (exact) mass is 282 g/mol. The number of nitrogens with zero attached hydrogens (tertiary/aromatic N) is 4. The molecule has 0 spiro atoms. The standard InChI is InChI=1S/C17H22N4/c1-16(2,3)21-12-14(11-20-21)10-17(13-18,19-4)15-8-6-5-7-9-15/h6,8,11-12,15H,5,7,9-10H2,1-3H3. The second-order valence-corrected chi connectivity index (χ2v) is 6.75. The van der Waals surface area contributed by atoms with E-state index in [1.54, 1.807) is 6.20 Å². The first-order valence-corrected chi connectivity index (χ1v) is 7.42. The molecule has 1 aliphatic carbocycles. The average molecular weight is 282 g/mol. The maximum absolute atomic E-state index is 9.63. The lowest BCUT2D eigenvalue weighted by atomic mass is 9.76. The second-order valence-electron chi connectivity index (χ2n) is 6.75. The normalized spacial score (nSPS) is 21.3. The number of hydrogen-bond donors (Lipinski definition) is 0. The lowest BCUT2D eigenvalue weighted by molar-refractivity contribution is 0.354. The minimum absolute atomic E-state index is 0.0201. The Morgan fingerprint density at radius 1 is 1.52 bits per heavy atom. The molecule has 110 valence electrons. The third-order valence-electron chi connectivity index (χ3n) is 4.06. The molecule has 0 bridgehead atoms. The molecule has 0 radical (unpaired) electrons. The molecule has 0 amide bonds. The molecule has 0 aliphatic heterocycles. The van der Waals surface area contributed by atoms with Crippen LogP contribution in [0.2, 0.25) is 0 Å². The second kappa shape index (κ2) is 5.74. The fourth-order valence-electron chi connectivity index (χ4n) is 2.74. The molecule has 0 saturated carbocycles. The predicted octanol–water partition coefficient (Wildman–Crippen LogP) is 3.72. The average Bonchev–Trinajstić information content (AvgIpc) is 2.94. The van der Waals surface area contributed by atoms with Gasteiger partial charge in [0, 0.05) is 6.20 Å². The van der Waals surface area contributed by atoms with Gasteiger partial charge in [0.15, 0.2) is 6.07 Å². The van der Waals surface area contributed by atoms with E-state index in [4.69, 9.17) is 6.57 Å². The van der Waals surface area contributed by atoms with Crippen LogP contribution in [0.4, 0.5) is 0 Å². The lowest BCUT2D eigenvalue weighted by Gasteiger charge is -2.24. The fraction of sp³-hybridized carbons (Fsp3) is 0.588. The van der Waals surface area contributed by atoms with E-state index in [1.807, 2.05) is 10.9 Å². The van der Waals surface area contributed by atoms with Gasteiger partial charge < -0.3 is 0 Å².